The quantitative estimate of drug-likeness (QED) is 0.707. The van der Waals surface area contributed by atoms with Crippen molar-refractivity contribution in [2.45, 2.75) is 18.2 Å². The summed E-state index contributed by atoms with van der Waals surface area (Å²) >= 11 is 0. The number of benzene rings is 3. The van der Waals surface area contributed by atoms with E-state index >= 15 is 0 Å². The van der Waals surface area contributed by atoms with Gasteiger partial charge in [0.1, 0.15) is 0 Å². The molecule has 1 fully saturated rings. The Morgan fingerprint density at radius 3 is 2.45 bits per heavy atom. The Balaban J connectivity index is 1.53. The molecule has 0 saturated carbocycles. The van der Waals surface area contributed by atoms with Crippen molar-refractivity contribution < 1.29 is 4.84 Å². The number of hydrogen-bond donors (Lipinski definition) is 1. The predicted molar refractivity (Wildman–Crippen MR) is 115 cm³/mol. The summed E-state index contributed by atoms with van der Waals surface area (Å²) in [7, 11) is 0. The van der Waals surface area contributed by atoms with Crippen LogP contribution >= 0.6 is 0 Å². The van der Waals surface area contributed by atoms with Crippen molar-refractivity contribution in [2.24, 2.45) is 4.99 Å². The molecule has 0 bridgehead atoms. The van der Waals surface area contributed by atoms with Gasteiger partial charge < -0.3 is 10.2 Å². The minimum atomic E-state index is -0.576. The van der Waals surface area contributed by atoms with Crippen LogP contribution in [0.4, 0.5) is 11.4 Å². The first-order chi connectivity index (χ1) is 14.4. The number of hydroxylamine groups is 1. The molecule has 3 aromatic rings. The maximum Gasteiger partial charge on any atom is 0.201 e. The maximum atomic E-state index is 6.92. The molecule has 2 atom stereocenters. The minimum Gasteiger partial charge on any atom is -0.326 e. The topological polar surface area (TPSA) is 40.1 Å². The van der Waals surface area contributed by atoms with Crippen LogP contribution in [-0.2, 0) is 10.6 Å². The predicted octanol–water partition coefficient (Wildman–Crippen LogP) is 4.52. The SMILES string of the molecule is c1ccc(C2CC3(ON2c2ccccc2)c2ccccc2NC2=NCCN23)cc1. The molecule has 3 aliphatic heterocycles. The van der Waals surface area contributed by atoms with Crippen molar-refractivity contribution in [3.05, 3.63) is 96.1 Å². The molecule has 6 rings (SSSR count). The van der Waals surface area contributed by atoms with Crippen molar-refractivity contribution in [1.82, 2.24) is 4.90 Å². The van der Waals surface area contributed by atoms with Gasteiger partial charge in [-0.15, -0.1) is 0 Å². The Labute approximate surface area is 170 Å². The van der Waals surface area contributed by atoms with Crippen LogP contribution in [0.5, 0.6) is 0 Å². The van der Waals surface area contributed by atoms with Crippen LogP contribution in [0.3, 0.4) is 0 Å². The number of rotatable bonds is 2. The molecule has 1 N–H and O–H groups in total. The molecule has 0 amide bonds. The van der Waals surface area contributed by atoms with E-state index in [0.29, 0.717) is 0 Å². The molecular weight excluding hydrogens is 360 g/mol. The van der Waals surface area contributed by atoms with Crippen LogP contribution < -0.4 is 10.4 Å². The zero-order chi connectivity index (χ0) is 19.3. The number of nitrogens with one attached hydrogen (secondary N) is 1. The second-order valence-electron chi connectivity index (χ2n) is 7.70. The molecule has 144 valence electrons. The summed E-state index contributed by atoms with van der Waals surface area (Å²) in [6.45, 7) is 1.63. The third-order valence-corrected chi connectivity index (χ3v) is 6.07. The zero-order valence-corrected chi connectivity index (χ0v) is 16.0. The van der Waals surface area contributed by atoms with Gasteiger partial charge in [0.15, 0.2) is 0 Å². The van der Waals surface area contributed by atoms with Crippen molar-refractivity contribution in [1.29, 1.82) is 0 Å². The molecule has 29 heavy (non-hydrogen) atoms. The van der Waals surface area contributed by atoms with Gasteiger partial charge in [0, 0.05) is 24.2 Å². The van der Waals surface area contributed by atoms with Crippen LogP contribution in [0.15, 0.2) is 89.9 Å². The molecule has 2 unspecified atom stereocenters. The van der Waals surface area contributed by atoms with Gasteiger partial charge in [-0.05, 0) is 23.8 Å². The Kier molecular flexibility index (Phi) is 3.64. The summed E-state index contributed by atoms with van der Waals surface area (Å²) in [6, 6.07) is 29.6. The molecule has 5 nitrogen and oxygen atoms in total. The first-order valence-electron chi connectivity index (χ1n) is 10.1. The van der Waals surface area contributed by atoms with Gasteiger partial charge in [-0.25, -0.2) is 9.90 Å². The van der Waals surface area contributed by atoms with E-state index in [0.717, 1.165) is 36.8 Å². The number of guanidine groups is 1. The molecule has 3 heterocycles. The van der Waals surface area contributed by atoms with Gasteiger partial charge in [-0.2, -0.15) is 0 Å². The highest BCUT2D eigenvalue weighted by Crippen LogP contribution is 2.53. The van der Waals surface area contributed by atoms with E-state index in [1.54, 1.807) is 0 Å². The Morgan fingerprint density at radius 2 is 1.62 bits per heavy atom. The Hall–Kier alpha value is -3.31. The first-order valence-corrected chi connectivity index (χ1v) is 10.1. The van der Waals surface area contributed by atoms with Crippen LogP contribution in [-0.4, -0.2) is 23.9 Å². The van der Waals surface area contributed by atoms with Gasteiger partial charge in [-0.3, -0.25) is 4.99 Å². The van der Waals surface area contributed by atoms with Gasteiger partial charge >= 0.3 is 0 Å². The van der Waals surface area contributed by atoms with E-state index in [1.165, 1.54) is 11.1 Å². The third kappa shape index (κ3) is 2.47. The molecule has 0 aliphatic carbocycles. The van der Waals surface area contributed by atoms with Crippen LogP contribution in [0, 0.1) is 0 Å². The number of aliphatic imine (C=N–C) groups is 1. The molecule has 0 aromatic heterocycles. The highest BCUT2D eigenvalue weighted by Gasteiger charge is 2.56. The van der Waals surface area contributed by atoms with Crippen LogP contribution in [0.25, 0.3) is 0 Å². The normalized spacial score (nSPS) is 24.8. The number of hydrogen-bond acceptors (Lipinski definition) is 5. The van der Waals surface area contributed by atoms with Crippen LogP contribution in [0.1, 0.15) is 23.6 Å². The average Bonchev–Trinajstić information content (AvgIpc) is 3.42. The van der Waals surface area contributed by atoms with Gasteiger partial charge in [0.05, 0.1) is 18.3 Å². The minimum absolute atomic E-state index is 0.103. The maximum absolute atomic E-state index is 6.92. The van der Waals surface area contributed by atoms with Crippen molar-refractivity contribution in [3.8, 4) is 0 Å². The van der Waals surface area contributed by atoms with E-state index in [-0.39, 0.29) is 6.04 Å². The van der Waals surface area contributed by atoms with Gasteiger partial charge in [0.2, 0.25) is 11.7 Å². The largest absolute Gasteiger partial charge is 0.326 e. The lowest BCUT2D eigenvalue weighted by atomic mass is 9.89. The fourth-order valence-corrected chi connectivity index (χ4v) is 4.77. The standard InChI is InChI=1S/C24H22N4O/c1-3-9-18(10-4-1)22-17-24(29-28(22)19-11-5-2-6-12-19)20-13-7-8-14-21(20)26-23-25-15-16-27(23)24/h1-14,22H,15-17H2,(H,25,26). The van der Waals surface area contributed by atoms with Gasteiger partial charge in [-0.1, -0.05) is 66.7 Å². The number of anilines is 2. The summed E-state index contributed by atoms with van der Waals surface area (Å²) in [5.41, 5.74) is 3.98. The fraction of sp³-hybridized carbons (Fsp3) is 0.208. The third-order valence-electron chi connectivity index (χ3n) is 6.07. The molecule has 3 aromatic carbocycles. The lowest BCUT2D eigenvalue weighted by molar-refractivity contribution is -0.104. The van der Waals surface area contributed by atoms with Crippen molar-refractivity contribution in [2.75, 3.05) is 23.5 Å². The molecule has 1 spiro atoms. The van der Waals surface area contributed by atoms with Crippen molar-refractivity contribution >= 4 is 17.3 Å². The molecule has 5 heteroatoms. The molecular formula is C24H22N4O. The number of para-hydroxylation sites is 2. The zero-order valence-electron chi connectivity index (χ0n) is 16.0. The lowest BCUT2D eigenvalue weighted by Crippen LogP contribution is -2.54. The monoisotopic (exact) mass is 382 g/mol. The fourth-order valence-electron chi connectivity index (χ4n) is 4.77. The summed E-state index contributed by atoms with van der Waals surface area (Å²) in [6.07, 6.45) is 0.823. The molecule has 3 aliphatic rings. The van der Waals surface area contributed by atoms with E-state index in [4.69, 9.17) is 9.83 Å². The van der Waals surface area contributed by atoms with Gasteiger partial charge in [0.25, 0.3) is 0 Å². The first kappa shape index (κ1) is 16.6. The van der Waals surface area contributed by atoms with Crippen molar-refractivity contribution in [3.63, 3.8) is 0 Å². The highest BCUT2D eigenvalue weighted by molar-refractivity contribution is 5.98. The van der Waals surface area contributed by atoms with Crippen LogP contribution in [0.2, 0.25) is 0 Å². The Morgan fingerprint density at radius 1 is 0.897 bits per heavy atom. The molecule has 1 saturated heterocycles. The second kappa shape index (κ2) is 6.36. The number of nitrogens with zero attached hydrogens (tertiary/aromatic N) is 3. The van der Waals surface area contributed by atoms with E-state index in [1.807, 2.05) is 6.07 Å². The lowest BCUT2D eigenvalue weighted by Gasteiger charge is -2.44. The summed E-state index contributed by atoms with van der Waals surface area (Å²) in [5.74, 6) is 0.908. The Bertz CT molecular complexity index is 1020. The summed E-state index contributed by atoms with van der Waals surface area (Å²) in [5, 5.41) is 5.59. The van der Waals surface area contributed by atoms with E-state index in [9.17, 15) is 0 Å². The van der Waals surface area contributed by atoms with E-state index < -0.39 is 5.72 Å². The smallest absolute Gasteiger partial charge is 0.201 e. The summed E-state index contributed by atoms with van der Waals surface area (Å²) in [4.78, 5) is 13.9. The average molecular weight is 382 g/mol. The second-order valence-corrected chi connectivity index (χ2v) is 7.70. The highest BCUT2D eigenvalue weighted by atomic mass is 16.7. The van der Waals surface area contributed by atoms with E-state index in [2.05, 4.69) is 94.1 Å². The summed E-state index contributed by atoms with van der Waals surface area (Å²) < 4.78 is 0. The molecule has 0 radical (unpaired) electrons. The number of fused-ring (bicyclic) bond motifs is 4.